The fourth-order valence-electron chi connectivity index (χ4n) is 2.66. The first-order valence-electron chi connectivity index (χ1n) is 9.50. The van der Waals surface area contributed by atoms with Gasteiger partial charge in [0.1, 0.15) is 12.4 Å². The summed E-state index contributed by atoms with van der Waals surface area (Å²) in [5.74, 6) is -0.881. The van der Waals surface area contributed by atoms with Gasteiger partial charge in [0.2, 0.25) is 0 Å². The van der Waals surface area contributed by atoms with E-state index in [4.69, 9.17) is 4.74 Å². The van der Waals surface area contributed by atoms with E-state index >= 15 is 0 Å². The summed E-state index contributed by atoms with van der Waals surface area (Å²) in [5, 5.41) is 6.43. The molecule has 0 saturated heterocycles. The Morgan fingerprint density at radius 3 is 2.40 bits per heavy atom. The summed E-state index contributed by atoms with van der Waals surface area (Å²) in [7, 11) is 0. The van der Waals surface area contributed by atoms with E-state index in [0.29, 0.717) is 12.3 Å². The average Bonchev–Trinajstić information content (AvgIpc) is 2.76. The van der Waals surface area contributed by atoms with Crippen LogP contribution in [0.25, 0.3) is 0 Å². The number of aryl methyl sites for hydroxylation is 2. The average molecular weight is 401 g/mol. The molecule has 152 valence electrons. The summed E-state index contributed by atoms with van der Waals surface area (Å²) in [4.78, 5) is 24.0. The molecule has 3 aromatic carbocycles. The molecule has 3 aromatic rings. The second-order valence-electron chi connectivity index (χ2n) is 6.81. The number of amides is 2. The number of hydrazone groups is 1. The highest BCUT2D eigenvalue weighted by Crippen LogP contribution is 2.16. The minimum atomic E-state index is -0.838. The molecule has 2 N–H and O–H groups in total. The lowest BCUT2D eigenvalue weighted by Gasteiger charge is -2.08. The van der Waals surface area contributed by atoms with E-state index in [2.05, 4.69) is 15.8 Å². The van der Waals surface area contributed by atoms with Crippen LogP contribution in [0, 0.1) is 13.8 Å². The highest BCUT2D eigenvalue weighted by atomic mass is 16.5. The molecule has 0 radical (unpaired) electrons. The Balaban J connectivity index is 1.48. The van der Waals surface area contributed by atoms with Gasteiger partial charge in [0.15, 0.2) is 0 Å². The predicted molar refractivity (Wildman–Crippen MR) is 117 cm³/mol. The van der Waals surface area contributed by atoms with Crippen LogP contribution in [0.4, 0.5) is 5.69 Å². The van der Waals surface area contributed by atoms with Crippen LogP contribution in [0.2, 0.25) is 0 Å². The second kappa shape index (κ2) is 10.0. The Morgan fingerprint density at radius 1 is 0.933 bits per heavy atom. The Labute approximate surface area is 175 Å². The summed E-state index contributed by atoms with van der Waals surface area (Å²) in [6, 6.07) is 22.8. The Kier molecular flexibility index (Phi) is 6.95. The normalized spacial score (nSPS) is 10.6. The summed E-state index contributed by atoms with van der Waals surface area (Å²) in [5.41, 5.74) is 6.55. The van der Waals surface area contributed by atoms with Crippen molar-refractivity contribution in [3.05, 3.63) is 95.1 Å². The maximum atomic E-state index is 12.0. The van der Waals surface area contributed by atoms with Crippen molar-refractivity contribution in [3.8, 4) is 5.75 Å². The zero-order chi connectivity index (χ0) is 21.3. The van der Waals surface area contributed by atoms with E-state index in [-0.39, 0.29) is 0 Å². The minimum absolute atomic E-state index is 0.486. The SMILES string of the molecule is Cc1ccc(C)c(NC(=O)C(=O)N/N=C\c2ccc(OCc3ccccc3)cc2)c1. The monoisotopic (exact) mass is 401 g/mol. The third kappa shape index (κ3) is 6.04. The van der Waals surface area contributed by atoms with Crippen LogP contribution in [0.5, 0.6) is 5.75 Å². The van der Waals surface area contributed by atoms with Crippen LogP contribution in [0.3, 0.4) is 0 Å². The van der Waals surface area contributed by atoms with E-state index in [0.717, 1.165) is 28.0 Å². The summed E-state index contributed by atoms with van der Waals surface area (Å²) in [6.07, 6.45) is 1.46. The van der Waals surface area contributed by atoms with E-state index in [9.17, 15) is 9.59 Å². The van der Waals surface area contributed by atoms with Crippen molar-refractivity contribution in [2.75, 3.05) is 5.32 Å². The summed E-state index contributed by atoms with van der Waals surface area (Å²) >= 11 is 0. The molecule has 0 fully saturated rings. The lowest BCUT2D eigenvalue weighted by Crippen LogP contribution is -2.32. The Hall–Kier alpha value is -3.93. The van der Waals surface area contributed by atoms with E-state index in [1.807, 2.05) is 86.6 Å². The van der Waals surface area contributed by atoms with E-state index in [1.165, 1.54) is 6.21 Å². The van der Waals surface area contributed by atoms with Gasteiger partial charge in [0, 0.05) is 5.69 Å². The summed E-state index contributed by atoms with van der Waals surface area (Å²) in [6.45, 7) is 4.26. The standard InChI is InChI=1S/C24H23N3O3/c1-17-8-9-18(2)22(14-17)26-23(28)24(29)27-25-15-19-10-12-21(13-11-19)30-16-20-6-4-3-5-7-20/h3-15H,16H2,1-2H3,(H,26,28)(H,27,29)/b25-15-. The number of anilines is 1. The molecule has 3 rings (SSSR count). The molecule has 0 aliphatic heterocycles. The first-order chi connectivity index (χ1) is 14.5. The smallest absolute Gasteiger partial charge is 0.329 e. The highest BCUT2D eigenvalue weighted by Gasteiger charge is 2.14. The van der Waals surface area contributed by atoms with Gasteiger partial charge in [0.25, 0.3) is 0 Å². The van der Waals surface area contributed by atoms with Crippen molar-refractivity contribution in [1.29, 1.82) is 0 Å². The molecule has 0 atom stereocenters. The lowest BCUT2D eigenvalue weighted by molar-refractivity contribution is -0.136. The number of rotatable bonds is 6. The number of nitrogens with one attached hydrogen (secondary N) is 2. The molecule has 30 heavy (non-hydrogen) atoms. The first kappa shape index (κ1) is 20.8. The van der Waals surface area contributed by atoms with Crippen molar-refractivity contribution in [3.63, 3.8) is 0 Å². The highest BCUT2D eigenvalue weighted by molar-refractivity contribution is 6.39. The fraction of sp³-hybridized carbons (Fsp3) is 0.125. The molecule has 0 saturated carbocycles. The molecular weight excluding hydrogens is 378 g/mol. The molecule has 6 heteroatoms. The largest absolute Gasteiger partial charge is 0.489 e. The van der Waals surface area contributed by atoms with Crippen LogP contribution >= 0.6 is 0 Å². The van der Waals surface area contributed by atoms with Gasteiger partial charge in [-0.15, -0.1) is 0 Å². The molecule has 0 bridgehead atoms. The van der Waals surface area contributed by atoms with Crippen LogP contribution in [-0.2, 0) is 16.2 Å². The van der Waals surface area contributed by atoms with Crippen LogP contribution in [0.15, 0.2) is 77.9 Å². The van der Waals surface area contributed by atoms with Gasteiger partial charge in [-0.3, -0.25) is 9.59 Å². The fourth-order valence-corrected chi connectivity index (χ4v) is 2.66. The molecule has 2 amide bonds. The number of hydrogen-bond acceptors (Lipinski definition) is 4. The number of carbonyl (C=O) groups excluding carboxylic acids is 2. The number of hydrogen-bond donors (Lipinski definition) is 2. The van der Waals surface area contributed by atoms with E-state index < -0.39 is 11.8 Å². The molecule has 0 heterocycles. The van der Waals surface area contributed by atoms with Gasteiger partial charge in [-0.05, 0) is 66.4 Å². The number of nitrogens with zero attached hydrogens (tertiary/aromatic N) is 1. The van der Waals surface area contributed by atoms with Crippen LogP contribution < -0.4 is 15.5 Å². The maximum Gasteiger partial charge on any atom is 0.329 e. The minimum Gasteiger partial charge on any atom is -0.489 e. The molecule has 6 nitrogen and oxygen atoms in total. The number of benzene rings is 3. The van der Waals surface area contributed by atoms with E-state index in [1.54, 1.807) is 0 Å². The second-order valence-corrected chi connectivity index (χ2v) is 6.81. The van der Waals surface area contributed by atoms with Gasteiger partial charge in [-0.1, -0.05) is 42.5 Å². The Morgan fingerprint density at radius 2 is 1.67 bits per heavy atom. The number of carbonyl (C=O) groups is 2. The molecule has 0 aliphatic carbocycles. The summed E-state index contributed by atoms with van der Waals surface area (Å²) < 4.78 is 5.73. The van der Waals surface area contributed by atoms with Crippen molar-refractivity contribution in [1.82, 2.24) is 5.43 Å². The molecule has 0 aromatic heterocycles. The van der Waals surface area contributed by atoms with Crippen molar-refractivity contribution in [2.24, 2.45) is 5.10 Å². The third-order valence-corrected chi connectivity index (χ3v) is 4.36. The lowest BCUT2D eigenvalue weighted by atomic mass is 10.1. The Bertz CT molecular complexity index is 1050. The van der Waals surface area contributed by atoms with Crippen molar-refractivity contribution >= 4 is 23.7 Å². The van der Waals surface area contributed by atoms with Crippen LogP contribution in [-0.4, -0.2) is 18.0 Å². The van der Waals surface area contributed by atoms with Crippen LogP contribution in [0.1, 0.15) is 22.3 Å². The molecule has 0 spiro atoms. The van der Waals surface area contributed by atoms with Gasteiger partial charge in [0.05, 0.1) is 6.21 Å². The van der Waals surface area contributed by atoms with Gasteiger partial charge >= 0.3 is 11.8 Å². The zero-order valence-corrected chi connectivity index (χ0v) is 16.9. The topological polar surface area (TPSA) is 79.8 Å². The van der Waals surface area contributed by atoms with Crippen molar-refractivity contribution in [2.45, 2.75) is 20.5 Å². The van der Waals surface area contributed by atoms with Gasteiger partial charge < -0.3 is 10.1 Å². The van der Waals surface area contributed by atoms with Gasteiger partial charge in [-0.2, -0.15) is 5.10 Å². The van der Waals surface area contributed by atoms with Crippen molar-refractivity contribution < 1.29 is 14.3 Å². The third-order valence-electron chi connectivity index (χ3n) is 4.36. The first-order valence-corrected chi connectivity index (χ1v) is 9.50. The molecular formula is C24H23N3O3. The number of ether oxygens (including phenoxy) is 1. The molecule has 0 aliphatic rings. The predicted octanol–water partition coefficient (Wildman–Crippen LogP) is 3.97. The quantitative estimate of drug-likeness (QED) is 0.373. The van der Waals surface area contributed by atoms with Gasteiger partial charge in [-0.25, -0.2) is 5.43 Å². The zero-order valence-electron chi connectivity index (χ0n) is 16.9. The molecule has 0 unspecified atom stereocenters. The maximum absolute atomic E-state index is 12.0.